The summed E-state index contributed by atoms with van der Waals surface area (Å²) in [5, 5.41) is 3.14. The molecule has 1 amide bonds. The van der Waals surface area contributed by atoms with Crippen LogP contribution in [0.2, 0.25) is 0 Å². The number of benzene rings is 1. The minimum Gasteiger partial charge on any atom is -0.378 e. The number of hydrogen-bond acceptors (Lipinski definition) is 3. The normalized spacial score (nSPS) is 17.2. The summed E-state index contributed by atoms with van der Waals surface area (Å²) in [4.78, 5) is 14.3. The van der Waals surface area contributed by atoms with E-state index in [1.165, 1.54) is 0 Å². The Kier molecular flexibility index (Phi) is 4.10. The molecule has 0 unspecified atom stereocenters. The molecule has 4 nitrogen and oxygen atoms in total. The second kappa shape index (κ2) is 5.61. The molecule has 3 N–H and O–H groups in total. The van der Waals surface area contributed by atoms with E-state index < -0.39 is 0 Å². The summed E-state index contributed by atoms with van der Waals surface area (Å²) in [5.41, 5.74) is 7.39. The first kappa shape index (κ1) is 13.9. The molecular weight excluding hydrogens is 238 g/mol. The van der Waals surface area contributed by atoms with Gasteiger partial charge in [0.25, 0.3) is 5.91 Å². The fraction of sp³-hybridized carbons (Fsp3) is 0.533. The maximum atomic E-state index is 12.4. The van der Waals surface area contributed by atoms with Crippen molar-refractivity contribution in [2.45, 2.75) is 31.2 Å². The quantitative estimate of drug-likeness (QED) is 0.868. The van der Waals surface area contributed by atoms with Crippen molar-refractivity contribution in [1.82, 2.24) is 5.32 Å². The highest BCUT2D eigenvalue weighted by Crippen LogP contribution is 2.29. The van der Waals surface area contributed by atoms with Crippen molar-refractivity contribution < 1.29 is 4.79 Å². The number of anilines is 1. The van der Waals surface area contributed by atoms with Gasteiger partial charge in [-0.25, -0.2) is 0 Å². The van der Waals surface area contributed by atoms with Gasteiger partial charge < -0.3 is 16.0 Å². The number of nitrogens with one attached hydrogen (secondary N) is 1. The van der Waals surface area contributed by atoms with E-state index in [9.17, 15) is 4.79 Å². The van der Waals surface area contributed by atoms with Gasteiger partial charge in [-0.2, -0.15) is 0 Å². The van der Waals surface area contributed by atoms with Gasteiger partial charge in [0.1, 0.15) is 0 Å². The highest BCUT2D eigenvalue weighted by atomic mass is 16.1. The molecule has 0 bridgehead atoms. The van der Waals surface area contributed by atoms with E-state index in [2.05, 4.69) is 5.32 Å². The summed E-state index contributed by atoms with van der Waals surface area (Å²) in [6.45, 7) is 0.520. The van der Waals surface area contributed by atoms with Crippen LogP contribution in [0.1, 0.15) is 36.0 Å². The molecule has 0 spiro atoms. The van der Waals surface area contributed by atoms with Crippen LogP contribution in [0.25, 0.3) is 0 Å². The number of hydrogen-bond donors (Lipinski definition) is 2. The number of amides is 1. The van der Waals surface area contributed by atoms with Crippen molar-refractivity contribution in [3.05, 3.63) is 29.8 Å². The summed E-state index contributed by atoms with van der Waals surface area (Å²) >= 11 is 0. The maximum absolute atomic E-state index is 12.4. The van der Waals surface area contributed by atoms with Crippen molar-refractivity contribution in [2.24, 2.45) is 5.73 Å². The van der Waals surface area contributed by atoms with Crippen LogP contribution < -0.4 is 16.0 Å². The van der Waals surface area contributed by atoms with Gasteiger partial charge in [-0.3, -0.25) is 4.79 Å². The van der Waals surface area contributed by atoms with Crippen LogP contribution in [0.5, 0.6) is 0 Å². The Hall–Kier alpha value is -1.55. The van der Waals surface area contributed by atoms with E-state index >= 15 is 0 Å². The average Bonchev–Trinajstić information content (AvgIpc) is 2.88. The van der Waals surface area contributed by atoms with Crippen molar-refractivity contribution in [2.75, 3.05) is 25.5 Å². The van der Waals surface area contributed by atoms with Crippen LogP contribution >= 0.6 is 0 Å². The topological polar surface area (TPSA) is 58.4 Å². The Morgan fingerprint density at radius 1 is 1.37 bits per heavy atom. The van der Waals surface area contributed by atoms with Gasteiger partial charge in [0, 0.05) is 31.9 Å². The van der Waals surface area contributed by atoms with Crippen molar-refractivity contribution in [3.63, 3.8) is 0 Å². The molecule has 1 aromatic carbocycles. The molecule has 0 saturated heterocycles. The third kappa shape index (κ3) is 3.07. The van der Waals surface area contributed by atoms with E-state index in [0.29, 0.717) is 12.1 Å². The Morgan fingerprint density at radius 2 is 2.05 bits per heavy atom. The van der Waals surface area contributed by atoms with Crippen molar-refractivity contribution in [3.8, 4) is 0 Å². The summed E-state index contributed by atoms with van der Waals surface area (Å²) in [5.74, 6) is -0.0175. The second-order valence-electron chi connectivity index (χ2n) is 5.59. The molecule has 0 aromatic heterocycles. The lowest BCUT2D eigenvalue weighted by Crippen LogP contribution is -2.51. The second-order valence-corrected chi connectivity index (χ2v) is 5.59. The van der Waals surface area contributed by atoms with Crippen LogP contribution in [0, 0.1) is 0 Å². The molecule has 0 heterocycles. The first-order valence-electron chi connectivity index (χ1n) is 6.86. The predicted octanol–water partition coefficient (Wildman–Crippen LogP) is 1.75. The zero-order valence-corrected chi connectivity index (χ0v) is 11.8. The number of carbonyl (C=O) groups excluding carboxylic acids is 1. The monoisotopic (exact) mass is 261 g/mol. The molecule has 2 rings (SSSR count). The molecule has 1 aliphatic carbocycles. The molecule has 0 aliphatic heterocycles. The molecule has 0 radical (unpaired) electrons. The van der Waals surface area contributed by atoms with Crippen LogP contribution in [0.4, 0.5) is 5.69 Å². The first-order valence-corrected chi connectivity index (χ1v) is 6.86. The van der Waals surface area contributed by atoms with E-state index in [0.717, 1.165) is 31.4 Å². The third-order valence-electron chi connectivity index (χ3n) is 3.95. The molecule has 19 heavy (non-hydrogen) atoms. The minimum atomic E-state index is -0.189. The van der Waals surface area contributed by atoms with Crippen molar-refractivity contribution >= 4 is 11.6 Å². The maximum Gasteiger partial charge on any atom is 0.251 e. The van der Waals surface area contributed by atoms with Gasteiger partial charge in [-0.1, -0.05) is 18.9 Å². The zero-order chi connectivity index (χ0) is 13.9. The van der Waals surface area contributed by atoms with Crippen LogP contribution in [0.3, 0.4) is 0 Å². The SMILES string of the molecule is CN(C)c1cccc(C(=O)NC2(CN)CCCC2)c1. The Morgan fingerprint density at radius 3 is 2.63 bits per heavy atom. The van der Waals surface area contributed by atoms with Gasteiger partial charge in [0.15, 0.2) is 0 Å². The Labute approximate surface area is 115 Å². The highest BCUT2D eigenvalue weighted by molar-refractivity contribution is 5.95. The fourth-order valence-corrected chi connectivity index (χ4v) is 2.67. The average molecular weight is 261 g/mol. The van der Waals surface area contributed by atoms with Gasteiger partial charge in [-0.15, -0.1) is 0 Å². The van der Waals surface area contributed by atoms with E-state index in [4.69, 9.17) is 5.73 Å². The Bertz CT molecular complexity index is 450. The van der Waals surface area contributed by atoms with Crippen LogP contribution in [0.15, 0.2) is 24.3 Å². The summed E-state index contributed by atoms with van der Waals surface area (Å²) < 4.78 is 0. The van der Waals surface area contributed by atoms with E-state index in [-0.39, 0.29) is 11.4 Å². The van der Waals surface area contributed by atoms with E-state index in [1.807, 2.05) is 43.3 Å². The molecule has 1 aromatic rings. The third-order valence-corrected chi connectivity index (χ3v) is 3.95. The lowest BCUT2D eigenvalue weighted by Gasteiger charge is -2.28. The summed E-state index contributed by atoms with van der Waals surface area (Å²) in [6, 6.07) is 7.66. The minimum absolute atomic E-state index is 0.0175. The van der Waals surface area contributed by atoms with Gasteiger partial charge in [0.2, 0.25) is 0 Å². The summed E-state index contributed by atoms with van der Waals surface area (Å²) in [7, 11) is 3.94. The molecule has 0 atom stereocenters. The van der Waals surface area contributed by atoms with Crippen LogP contribution in [-0.4, -0.2) is 32.1 Å². The number of nitrogens with zero attached hydrogens (tertiary/aromatic N) is 1. The number of nitrogens with two attached hydrogens (primary N) is 1. The molecule has 1 saturated carbocycles. The first-order chi connectivity index (χ1) is 9.06. The molecule has 1 aliphatic rings. The lowest BCUT2D eigenvalue weighted by molar-refractivity contribution is 0.0903. The fourth-order valence-electron chi connectivity index (χ4n) is 2.67. The van der Waals surface area contributed by atoms with Gasteiger partial charge in [-0.05, 0) is 31.0 Å². The van der Waals surface area contributed by atoms with Gasteiger partial charge in [0.05, 0.1) is 5.54 Å². The number of rotatable bonds is 4. The molecule has 4 heteroatoms. The standard InChI is InChI=1S/C15H23N3O/c1-18(2)13-7-5-6-12(10-13)14(19)17-15(11-16)8-3-4-9-15/h5-7,10H,3-4,8-9,11,16H2,1-2H3,(H,17,19). The smallest absolute Gasteiger partial charge is 0.251 e. The molecule has 104 valence electrons. The molecule has 1 fully saturated rings. The lowest BCUT2D eigenvalue weighted by atomic mass is 9.97. The predicted molar refractivity (Wildman–Crippen MR) is 78.5 cm³/mol. The zero-order valence-electron chi connectivity index (χ0n) is 11.8. The summed E-state index contributed by atoms with van der Waals surface area (Å²) in [6.07, 6.45) is 4.27. The molecular formula is C15H23N3O. The van der Waals surface area contributed by atoms with Crippen molar-refractivity contribution in [1.29, 1.82) is 0 Å². The van der Waals surface area contributed by atoms with E-state index in [1.54, 1.807) is 0 Å². The van der Waals surface area contributed by atoms with Crippen LogP contribution in [-0.2, 0) is 0 Å². The Balaban J connectivity index is 2.13. The largest absolute Gasteiger partial charge is 0.378 e. The highest BCUT2D eigenvalue weighted by Gasteiger charge is 2.34. The van der Waals surface area contributed by atoms with Gasteiger partial charge >= 0.3 is 0 Å². The number of carbonyl (C=O) groups is 1.